The zero-order valence-electron chi connectivity index (χ0n) is 16.9. The average Bonchev–Trinajstić information content (AvgIpc) is 3.07. The second kappa shape index (κ2) is 9.21. The molecule has 2 heterocycles. The van der Waals surface area contributed by atoms with Crippen molar-refractivity contribution in [2.75, 3.05) is 33.3 Å². The van der Waals surface area contributed by atoms with Crippen molar-refractivity contribution in [3.8, 4) is 11.5 Å². The largest absolute Gasteiger partial charge is 0.493 e. The Morgan fingerprint density at radius 3 is 2.52 bits per heavy atom. The lowest BCUT2D eigenvalue weighted by molar-refractivity contribution is -0.0512. The summed E-state index contributed by atoms with van der Waals surface area (Å²) >= 11 is 0. The van der Waals surface area contributed by atoms with Crippen LogP contribution in [0.4, 0.5) is 8.78 Å². The van der Waals surface area contributed by atoms with E-state index in [1.165, 1.54) is 30.9 Å². The number of carbonyl (C=O) groups excluding carboxylic acids is 1. The third kappa shape index (κ3) is 5.03. The van der Waals surface area contributed by atoms with Crippen molar-refractivity contribution in [1.29, 1.82) is 0 Å². The maximum atomic E-state index is 12.8. The van der Waals surface area contributed by atoms with Crippen LogP contribution in [0.3, 0.4) is 0 Å². The molecule has 0 aliphatic carbocycles. The smallest absolute Gasteiger partial charge is 0.387 e. The lowest BCUT2D eigenvalue weighted by atomic mass is 10.1. The number of alkyl halides is 2. The van der Waals surface area contributed by atoms with Gasteiger partial charge >= 0.3 is 6.61 Å². The second-order valence-corrected chi connectivity index (χ2v) is 6.91. The van der Waals surface area contributed by atoms with E-state index in [4.69, 9.17) is 4.74 Å². The van der Waals surface area contributed by atoms with Crippen molar-refractivity contribution in [3.05, 3.63) is 41.2 Å². The first-order valence-electron chi connectivity index (χ1n) is 9.58. The number of nitrogens with zero attached hydrogens (tertiary/aromatic N) is 4. The molecule has 9 heteroatoms. The average molecular weight is 408 g/mol. The van der Waals surface area contributed by atoms with Crippen LogP contribution in [0.15, 0.2) is 24.4 Å². The molecule has 3 rings (SSSR count). The molecule has 1 saturated heterocycles. The van der Waals surface area contributed by atoms with Crippen molar-refractivity contribution < 1.29 is 23.0 Å². The molecule has 1 aromatic carbocycles. The van der Waals surface area contributed by atoms with E-state index in [1.807, 2.05) is 11.6 Å². The molecule has 1 fully saturated rings. The predicted octanol–water partition coefficient (Wildman–Crippen LogP) is 2.78. The highest BCUT2D eigenvalue weighted by Crippen LogP contribution is 2.30. The summed E-state index contributed by atoms with van der Waals surface area (Å²) in [6.07, 6.45) is 2.07. The summed E-state index contributed by atoms with van der Waals surface area (Å²) in [6, 6.07) is 4.26. The molecule has 1 aliphatic rings. The summed E-state index contributed by atoms with van der Waals surface area (Å²) in [7, 11) is 1.35. The number of carbonyl (C=O) groups is 1. The molecule has 0 unspecified atom stereocenters. The molecule has 0 bridgehead atoms. The fraction of sp³-hybridized carbons (Fsp3) is 0.500. The van der Waals surface area contributed by atoms with E-state index in [0.717, 1.165) is 31.9 Å². The van der Waals surface area contributed by atoms with Crippen LogP contribution in [0.25, 0.3) is 0 Å². The van der Waals surface area contributed by atoms with Crippen LogP contribution in [0.5, 0.6) is 11.5 Å². The van der Waals surface area contributed by atoms with E-state index in [-0.39, 0.29) is 17.4 Å². The summed E-state index contributed by atoms with van der Waals surface area (Å²) in [5, 5.41) is 4.48. The molecule has 7 nitrogen and oxygen atoms in total. The lowest BCUT2D eigenvalue weighted by Gasteiger charge is -2.34. The molecule has 29 heavy (non-hydrogen) atoms. The Morgan fingerprint density at radius 1 is 1.21 bits per heavy atom. The first-order valence-corrected chi connectivity index (χ1v) is 9.58. The SMILES string of the molecule is CCn1cc(CN2CCN(C(=O)c3ccc(OC(F)F)c(OC)c3)CC2)c(C)n1. The number of ether oxygens (including phenoxy) is 2. The molecule has 0 saturated carbocycles. The molecule has 0 radical (unpaired) electrons. The quantitative estimate of drug-likeness (QED) is 0.705. The van der Waals surface area contributed by atoms with Crippen LogP contribution in [0, 0.1) is 6.92 Å². The van der Waals surface area contributed by atoms with Gasteiger partial charge in [-0.3, -0.25) is 14.4 Å². The normalized spacial score (nSPS) is 15.0. The highest BCUT2D eigenvalue weighted by molar-refractivity contribution is 5.95. The van der Waals surface area contributed by atoms with Crippen molar-refractivity contribution in [2.24, 2.45) is 0 Å². The number of hydrogen-bond donors (Lipinski definition) is 0. The third-order valence-electron chi connectivity index (χ3n) is 5.05. The van der Waals surface area contributed by atoms with Crippen LogP contribution in [-0.4, -0.2) is 65.4 Å². The zero-order valence-corrected chi connectivity index (χ0v) is 16.9. The molecule has 0 atom stereocenters. The number of aryl methyl sites for hydroxylation is 2. The fourth-order valence-corrected chi connectivity index (χ4v) is 3.40. The molecule has 1 amide bonds. The Hall–Kier alpha value is -2.68. The molecule has 158 valence electrons. The molecule has 0 spiro atoms. The third-order valence-corrected chi connectivity index (χ3v) is 5.05. The Kier molecular flexibility index (Phi) is 6.68. The van der Waals surface area contributed by atoms with E-state index in [1.54, 1.807) is 4.90 Å². The molecular formula is C20H26F2N4O3. The highest BCUT2D eigenvalue weighted by Gasteiger charge is 2.24. The Labute approximate surface area is 168 Å². The van der Waals surface area contributed by atoms with E-state index in [9.17, 15) is 13.6 Å². The van der Waals surface area contributed by atoms with E-state index < -0.39 is 6.61 Å². The van der Waals surface area contributed by atoms with E-state index in [0.29, 0.717) is 18.7 Å². The Morgan fingerprint density at radius 2 is 1.93 bits per heavy atom. The standard InChI is InChI=1S/C20H26F2N4O3/c1-4-26-13-16(14(2)23-26)12-24-7-9-25(10-8-24)19(27)15-5-6-17(29-20(21)22)18(11-15)28-3/h5-6,11,13,20H,4,7-10,12H2,1-3H3. The molecule has 0 N–H and O–H groups in total. The minimum atomic E-state index is -2.95. The number of aromatic nitrogens is 2. The number of hydrogen-bond acceptors (Lipinski definition) is 5. The summed E-state index contributed by atoms with van der Waals surface area (Å²) < 4.78 is 36.4. The van der Waals surface area contributed by atoms with Crippen LogP contribution < -0.4 is 9.47 Å². The van der Waals surface area contributed by atoms with E-state index in [2.05, 4.69) is 27.9 Å². The van der Waals surface area contributed by atoms with Gasteiger partial charge in [0.1, 0.15) is 0 Å². The van der Waals surface area contributed by atoms with Gasteiger partial charge in [-0.15, -0.1) is 0 Å². The molecule has 1 aliphatic heterocycles. The molecular weight excluding hydrogens is 382 g/mol. The van der Waals surface area contributed by atoms with Crippen molar-refractivity contribution >= 4 is 5.91 Å². The maximum absolute atomic E-state index is 12.8. The van der Waals surface area contributed by atoms with Crippen LogP contribution in [0.2, 0.25) is 0 Å². The molecule has 2 aromatic rings. The van der Waals surface area contributed by atoms with E-state index >= 15 is 0 Å². The number of benzene rings is 1. The number of methoxy groups -OCH3 is 1. The zero-order chi connectivity index (χ0) is 21.0. The lowest BCUT2D eigenvalue weighted by Crippen LogP contribution is -2.48. The van der Waals surface area contributed by atoms with Gasteiger partial charge in [0.25, 0.3) is 5.91 Å². The van der Waals surface area contributed by atoms with Crippen LogP contribution >= 0.6 is 0 Å². The number of halogens is 2. The van der Waals surface area contributed by atoms with Gasteiger partial charge in [-0.25, -0.2) is 0 Å². The topological polar surface area (TPSA) is 59.8 Å². The number of piperazine rings is 1. The first kappa shape index (κ1) is 21.0. The maximum Gasteiger partial charge on any atom is 0.387 e. The van der Waals surface area contributed by atoms with Gasteiger partial charge in [0, 0.05) is 56.6 Å². The summed E-state index contributed by atoms with van der Waals surface area (Å²) in [5.74, 6) is -0.133. The first-order chi connectivity index (χ1) is 13.9. The van der Waals surface area contributed by atoms with Crippen molar-refractivity contribution in [3.63, 3.8) is 0 Å². The fourth-order valence-electron chi connectivity index (χ4n) is 3.40. The minimum absolute atomic E-state index is 0.0909. The van der Waals surface area contributed by atoms with Gasteiger partial charge in [0.15, 0.2) is 11.5 Å². The van der Waals surface area contributed by atoms with Crippen molar-refractivity contribution in [1.82, 2.24) is 19.6 Å². The van der Waals surface area contributed by atoms with Gasteiger partial charge in [-0.2, -0.15) is 13.9 Å². The second-order valence-electron chi connectivity index (χ2n) is 6.91. The Bertz CT molecular complexity index is 848. The van der Waals surface area contributed by atoms with Gasteiger partial charge < -0.3 is 14.4 Å². The van der Waals surface area contributed by atoms with Gasteiger partial charge in [0.2, 0.25) is 0 Å². The summed E-state index contributed by atoms with van der Waals surface area (Å²) in [4.78, 5) is 16.9. The highest BCUT2D eigenvalue weighted by atomic mass is 19.3. The van der Waals surface area contributed by atoms with Crippen molar-refractivity contribution in [2.45, 2.75) is 33.5 Å². The van der Waals surface area contributed by atoms with Crippen LogP contribution in [-0.2, 0) is 13.1 Å². The number of rotatable bonds is 7. The summed E-state index contributed by atoms with van der Waals surface area (Å²) in [6.45, 7) is 5.46. The Balaban J connectivity index is 1.60. The summed E-state index contributed by atoms with van der Waals surface area (Å²) in [5.41, 5.74) is 2.62. The molecule has 1 aromatic heterocycles. The monoisotopic (exact) mass is 408 g/mol. The van der Waals surface area contributed by atoms with Crippen LogP contribution in [0.1, 0.15) is 28.5 Å². The predicted molar refractivity (Wildman–Crippen MR) is 103 cm³/mol. The minimum Gasteiger partial charge on any atom is -0.493 e. The number of amides is 1. The van der Waals surface area contributed by atoms with Gasteiger partial charge in [0.05, 0.1) is 12.8 Å². The van der Waals surface area contributed by atoms with Gasteiger partial charge in [-0.1, -0.05) is 0 Å². The van der Waals surface area contributed by atoms with Gasteiger partial charge in [-0.05, 0) is 32.0 Å².